The maximum absolute atomic E-state index is 13.1. The fourth-order valence-electron chi connectivity index (χ4n) is 4.41. The number of amides is 1. The van der Waals surface area contributed by atoms with Crippen molar-refractivity contribution >= 4 is 34.4 Å². The zero-order chi connectivity index (χ0) is 22.9. The fourth-order valence-corrected chi connectivity index (χ4v) is 4.41. The maximum Gasteiger partial charge on any atom is 0.257 e. The van der Waals surface area contributed by atoms with Crippen molar-refractivity contribution < 1.29 is 23.7 Å². The molecule has 3 aliphatic rings. The van der Waals surface area contributed by atoms with E-state index in [0.717, 1.165) is 24.2 Å². The maximum atomic E-state index is 13.1. The molecule has 6 rings (SSSR count). The molecule has 0 radical (unpaired) electrons. The highest BCUT2D eigenvalue weighted by atomic mass is 16.6. The van der Waals surface area contributed by atoms with Crippen LogP contribution in [-0.2, 0) is 9.47 Å². The standard InChI is InChI=1S/C23H26N6O5/c30-22(29-6-9-31-10-7-29)15-1-2-17(19-18(15)33-11-12-34-19)26-23-27-20-16(3-5-24-20)21(28-23)25-14-4-8-32-13-14/h1-3,5,14H,4,6-13H2,(H3,24,25,26,27,28)/t14-/m1/s1. The van der Waals surface area contributed by atoms with E-state index in [-0.39, 0.29) is 11.9 Å². The van der Waals surface area contributed by atoms with Gasteiger partial charge in [0.25, 0.3) is 5.91 Å². The molecule has 2 fully saturated rings. The molecule has 5 heterocycles. The topological polar surface area (TPSA) is 123 Å². The first-order valence-electron chi connectivity index (χ1n) is 11.5. The Balaban J connectivity index is 1.32. The number of anilines is 3. The lowest BCUT2D eigenvalue weighted by Crippen LogP contribution is -2.41. The van der Waals surface area contributed by atoms with Gasteiger partial charge in [-0.2, -0.15) is 9.97 Å². The summed E-state index contributed by atoms with van der Waals surface area (Å²) in [7, 11) is 0. The first-order valence-corrected chi connectivity index (χ1v) is 11.5. The van der Waals surface area contributed by atoms with Gasteiger partial charge in [-0.1, -0.05) is 0 Å². The van der Waals surface area contributed by atoms with Gasteiger partial charge in [0.05, 0.1) is 42.5 Å². The summed E-state index contributed by atoms with van der Waals surface area (Å²) >= 11 is 0. The van der Waals surface area contributed by atoms with Crippen molar-refractivity contribution in [2.24, 2.45) is 0 Å². The zero-order valence-corrected chi connectivity index (χ0v) is 18.6. The predicted octanol–water partition coefficient (Wildman–Crippen LogP) is 2.15. The van der Waals surface area contributed by atoms with E-state index in [1.165, 1.54) is 0 Å². The summed E-state index contributed by atoms with van der Waals surface area (Å²) < 4.78 is 22.7. The number of fused-ring (bicyclic) bond motifs is 2. The third-order valence-electron chi connectivity index (χ3n) is 6.15. The average Bonchev–Trinajstić information content (AvgIpc) is 3.57. The van der Waals surface area contributed by atoms with E-state index in [1.807, 2.05) is 12.3 Å². The number of hydrogen-bond donors (Lipinski definition) is 3. The Bertz CT molecular complexity index is 1200. The molecule has 0 aliphatic carbocycles. The van der Waals surface area contributed by atoms with E-state index in [9.17, 15) is 4.79 Å². The molecule has 3 N–H and O–H groups in total. The number of aromatic nitrogens is 3. The second-order valence-electron chi connectivity index (χ2n) is 8.39. The van der Waals surface area contributed by atoms with Crippen molar-refractivity contribution in [1.82, 2.24) is 19.9 Å². The van der Waals surface area contributed by atoms with Crippen LogP contribution in [0.4, 0.5) is 17.5 Å². The number of rotatable bonds is 5. The molecule has 1 aromatic carbocycles. The van der Waals surface area contributed by atoms with Crippen LogP contribution in [0.1, 0.15) is 16.8 Å². The van der Waals surface area contributed by atoms with Crippen molar-refractivity contribution in [2.75, 3.05) is 63.4 Å². The molecule has 0 spiro atoms. The molecule has 178 valence electrons. The lowest BCUT2D eigenvalue weighted by Gasteiger charge is -2.29. The number of nitrogens with one attached hydrogen (secondary N) is 3. The molecule has 1 atom stereocenters. The molecule has 11 heteroatoms. The Morgan fingerprint density at radius 1 is 1.00 bits per heavy atom. The number of carbonyl (C=O) groups excluding carboxylic acids is 1. The van der Waals surface area contributed by atoms with E-state index in [0.29, 0.717) is 80.5 Å². The molecule has 1 amide bonds. The first-order chi connectivity index (χ1) is 16.8. The number of nitrogens with zero attached hydrogens (tertiary/aromatic N) is 3. The van der Waals surface area contributed by atoms with E-state index in [4.69, 9.17) is 23.9 Å². The molecule has 0 unspecified atom stereocenters. The van der Waals surface area contributed by atoms with Crippen LogP contribution in [0.15, 0.2) is 24.4 Å². The SMILES string of the molecule is O=C(c1ccc(Nc2nc(N[C@@H]3CCOC3)c3cc[nH]c3n2)c2c1OCCO2)N1CCOCC1. The second-order valence-corrected chi connectivity index (χ2v) is 8.39. The highest BCUT2D eigenvalue weighted by molar-refractivity contribution is 5.99. The van der Waals surface area contributed by atoms with E-state index in [1.54, 1.807) is 17.0 Å². The molecule has 2 aromatic heterocycles. The molecule has 34 heavy (non-hydrogen) atoms. The number of H-pyrrole nitrogens is 1. The summed E-state index contributed by atoms with van der Waals surface area (Å²) in [5.74, 6) is 1.97. The Morgan fingerprint density at radius 3 is 2.68 bits per heavy atom. The average molecular weight is 466 g/mol. The molecular weight excluding hydrogens is 440 g/mol. The minimum Gasteiger partial charge on any atom is -0.485 e. The summed E-state index contributed by atoms with van der Waals surface area (Å²) in [5.41, 5.74) is 1.82. The number of hydrogen-bond acceptors (Lipinski definition) is 9. The monoisotopic (exact) mass is 466 g/mol. The van der Waals surface area contributed by atoms with Gasteiger partial charge < -0.3 is 39.5 Å². The van der Waals surface area contributed by atoms with Gasteiger partial charge in [-0.05, 0) is 24.6 Å². The Labute approximate surface area is 195 Å². The first kappa shape index (κ1) is 21.0. The number of ether oxygens (including phenoxy) is 4. The minimum atomic E-state index is -0.0917. The van der Waals surface area contributed by atoms with Crippen LogP contribution in [-0.4, -0.2) is 84.5 Å². The van der Waals surface area contributed by atoms with Gasteiger partial charge in [0.1, 0.15) is 24.7 Å². The number of carbonyl (C=O) groups is 1. The Morgan fingerprint density at radius 2 is 1.85 bits per heavy atom. The van der Waals surface area contributed by atoms with Crippen molar-refractivity contribution in [3.63, 3.8) is 0 Å². The quantitative estimate of drug-likeness (QED) is 0.519. The summed E-state index contributed by atoms with van der Waals surface area (Å²) in [4.78, 5) is 27.4. The third-order valence-corrected chi connectivity index (χ3v) is 6.15. The smallest absolute Gasteiger partial charge is 0.257 e. The van der Waals surface area contributed by atoms with Gasteiger partial charge in [0.2, 0.25) is 5.95 Å². The van der Waals surface area contributed by atoms with Crippen LogP contribution < -0.4 is 20.1 Å². The zero-order valence-electron chi connectivity index (χ0n) is 18.6. The van der Waals surface area contributed by atoms with E-state index in [2.05, 4.69) is 20.6 Å². The van der Waals surface area contributed by atoms with Crippen molar-refractivity contribution in [1.29, 1.82) is 0 Å². The Hall–Kier alpha value is -3.57. The van der Waals surface area contributed by atoms with Crippen LogP contribution >= 0.6 is 0 Å². The lowest BCUT2D eigenvalue weighted by atomic mass is 10.1. The van der Waals surface area contributed by atoms with Crippen LogP contribution in [0.5, 0.6) is 11.5 Å². The van der Waals surface area contributed by atoms with Crippen LogP contribution in [0.25, 0.3) is 11.0 Å². The summed E-state index contributed by atoms with van der Waals surface area (Å²) in [6, 6.07) is 5.72. The number of benzene rings is 1. The normalized spacial score (nSPS) is 19.9. The molecule has 3 aliphatic heterocycles. The van der Waals surface area contributed by atoms with E-state index < -0.39 is 0 Å². The number of morpholine rings is 1. The molecular formula is C23H26N6O5. The van der Waals surface area contributed by atoms with Crippen molar-refractivity contribution in [3.05, 3.63) is 30.0 Å². The van der Waals surface area contributed by atoms with Gasteiger partial charge in [-0.3, -0.25) is 4.79 Å². The van der Waals surface area contributed by atoms with Crippen molar-refractivity contribution in [3.8, 4) is 11.5 Å². The van der Waals surface area contributed by atoms with Gasteiger partial charge in [-0.25, -0.2) is 0 Å². The molecule has 2 saturated heterocycles. The molecule has 3 aromatic rings. The van der Waals surface area contributed by atoms with E-state index >= 15 is 0 Å². The third kappa shape index (κ3) is 3.97. The highest BCUT2D eigenvalue weighted by Crippen LogP contribution is 2.42. The summed E-state index contributed by atoms with van der Waals surface area (Å²) in [6.45, 7) is 4.34. The minimum absolute atomic E-state index is 0.0917. The largest absolute Gasteiger partial charge is 0.485 e. The van der Waals surface area contributed by atoms with Gasteiger partial charge in [0.15, 0.2) is 11.5 Å². The fraction of sp³-hybridized carbons (Fsp3) is 0.435. The van der Waals surface area contributed by atoms with Gasteiger partial charge in [0, 0.05) is 25.9 Å². The number of aromatic amines is 1. The predicted molar refractivity (Wildman–Crippen MR) is 124 cm³/mol. The molecule has 0 saturated carbocycles. The van der Waals surface area contributed by atoms with Gasteiger partial charge >= 0.3 is 0 Å². The molecule has 11 nitrogen and oxygen atoms in total. The van der Waals surface area contributed by atoms with Crippen LogP contribution in [0.2, 0.25) is 0 Å². The summed E-state index contributed by atoms with van der Waals surface area (Å²) in [5, 5.41) is 7.64. The highest BCUT2D eigenvalue weighted by Gasteiger charge is 2.28. The Kier molecular flexibility index (Phi) is 5.55. The van der Waals surface area contributed by atoms with Crippen LogP contribution in [0, 0.1) is 0 Å². The summed E-state index contributed by atoms with van der Waals surface area (Å²) in [6.07, 6.45) is 2.76. The van der Waals surface area contributed by atoms with Crippen molar-refractivity contribution in [2.45, 2.75) is 12.5 Å². The molecule has 0 bridgehead atoms. The lowest BCUT2D eigenvalue weighted by molar-refractivity contribution is 0.0298. The second kappa shape index (κ2) is 8.99. The van der Waals surface area contributed by atoms with Gasteiger partial charge in [-0.15, -0.1) is 0 Å². The van der Waals surface area contributed by atoms with Crippen LogP contribution in [0.3, 0.4) is 0 Å².